The number of nitriles is 1. The Labute approximate surface area is 160 Å². The summed E-state index contributed by atoms with van der Waals surface area (Å²) in [6.07, 6.45) is -0.694. The first-order valence-corrected chi connectivity index (χ1v) is 9.23. The first-order valence-electron chi connectivity index (χ1n) is 8.04. The summed E-state index contributed by atoms with van der Waals surface area (Å²) in [5, 5.41) is 33.0. The zero-order valence-electron chi connectivity index (χ0n) is 14.3. The normalized spacial score (nSPS) is 13.0. The van der Waals surface area contributed by atoms with Crippen LogP contribution in [0.15, 0.2) is 42.5 Å². The Morgan fingerprint density at radius 1 is 1.19 bits per heavy atom. The molecule has 0 bridgehead atoms. The number of benzene rings is 2. The molecule has 1 heterocycles. The van der Waals surface area contributed by atoms with Gasteiger partial charge in [-0.2, -0.15) is 5.26 Å². The molecule has 2 aromatic carbocycles. The SMILES string of the molecule is Cc1c(N[C@@H](c2nnc(-c3ccccc3)s2)[C@@H](C)O)ccc(C#N)c1Cl. The second kappa shape index (κ2) is 7.83. The highest BCUT2D eigenvalue weighted by atomic mass is 35.5. The summed E-state index contributed by atoms with van der Waals surface area (Å²) in [7, 11) is 0. The van der Waals surface area contributed by atoms with E-state index in [1.807, 2.05) is 37.3 Å². The van der Waals surface area contributed by atoms with E-state index in [9.17, 15) is 5.11 Å². The number of nitrogens with one attached hydrogen (secondary N) is 1. The molecular formula is C19H17ClN4OS. The second-order valence-electron chi connectivity index (χ2n) is 5.89. The average Bonchev–Trinajstić information content (AvgIpc) is 3.13. The number of aromatic nitrogens is 2. The summed E-state index contributed by atoms with van der Waals surface area (Å²) >= 11 is 7.67. The smallest absolute Gasteiger partial charge is 0.147 e. The summed E-state index contributed by atoms with van der Waals surface area (Å²) in [4.78, 5) is 0. The summed E-state index contributed by atoms with van der Waals surface area (Å²) in [5.74, 6) is 0. The van der Waals surface area contributed by atoms with Crippen molar-refractivity contribution in [2.75, 3.05) is 5.32 Å². The molecule has 5 nitrogen and oxygen atoms in total. The van der Waals surface area contributed by atoms with Crippen LogP contribution in [0.2, 0.25) is 5.02 Å². The highest BCUT2D eigenvalue weighted by molar-refractivity contribution is 7.14. The molecule has 1 aromatic heterocycles. The maximum Gasteiger partial charge on any atom is 0.147 e. The number of hydrogen-bond donors (Lipinski definition) is 2. The number of halogens is 1. The second-order valence-corrected chi connectivity index (χ2v) is 7.27. The fourth-order valence-electron chi connectivity index (χ4n) is 2.54. The quantitative estimate of drug-likeness (QED) is 0.673. The minimum absolute atomic E-state index is 0.407. The number of aliphatic hydroxyl groups is 1. The standard InChI is InChI=1S/C19H17ClN4OS/c1-11-15(9-8-14(10-21)16(11)20)22-17(12(2)25)19-24-23-18(26-19)13-6-4-3-5-7-13/h3-9,12,17,22,25H,1-2H3/t12-,17-/m1/s1. The molecule has 7 heteroatoms. The van der Waals surface area contributed by atoms with Crippen LogP contribution < -0.4 is 5.32 Å². The molecule has 3 aromatic rings. The van der Waals surface area contributed by atoms with Crippen LogP contribution in [0.5, 0.6) is 0 Å². The van der Waals surface area contributed by atoms with Crippen molar-refractivity contribution in [1.29, 1.82) is 5.26 Å². The van der Waals surface area contributed by atoms with Crippen molar-refractivity contribution in [3.8, 4) is 16.6 Å². The molecule has 2 N–H and O–H groups in total. The molecule has 0 fully saturated rings. The molecule has 26 heavy (non-hydrogen) atoms. The van der Waals surface area contributed by atoms with Gasteiger partial charge in [-0.15, -0.1) is 10.2 Å². The third-order valence-electron chi connectivity index (χ3n) is 4.03. The molecule has 132 valence electrons. The van der Waals surface area contributed by atoms with Gasteiger partial charge in [0.05, 0.1) is 16.7 Å². The minimum atomic E-state index is -0.694. The van der Waals surface area contributed by atoms with Gasteiger partial charge in [-0.25, -0.2) is 0 Å². The monoisotopic (exact) mass is 384 g/mol. The zero-order chi connectivity index (χ0) is 18.7. The Bertz CT molecular complexity index is 950. The Kier molecular flexibility index (Phi) is 5.52. The maximum absolute atomic E-state index is 10.3. The molecule has 0 saturated carbocycles. The van der Waals surface area contributed by atoms with Gasteiger partial charge in [-0.3, -0.25) is 0 Å². The van der Waals surface area contributed by atoms with E-state index in [0.717, 1.165) is 21.8 Å². The highest BCUT2D eigenvalue weighted by Crippen LogP contribution is 2.33. The number of hydrogen-bond acceptors (Lipinski definition) is 6. The number of aliphatic hydroxyl groups excluding tert-OH is 1. The van der Waals surface area contributed by atoms with E-state index in [4.69, 9.17) is 16.9 Å². The van der Waals surface area contributed by atoms with Gasteiger partial charge >= 0.3 is 0 Å². The van der Waals surface area contributed by atoms with Crippen LogP contribution in [-0.4, -0.2) is 21.4 Å². The molecule has 0 amide bonds. The summed E-state index contributed by atoms with van der Waals surface area (Å²) < 4.78 is 0. The van der Waals surface area contributed by atoms with Crippen LogP contribution in [0.1, 0.15) is 29.1 Å². The van der Waals surface area contributed by atoms with Gasteiger partial charge in [0.15, 0.2) is 0 Å². The topological polar surface area (TPSA) is 81.8 Å². The summed E-state index contributed by atoms with van der Waals surface area (Å²) in [5.41, 5.74) is 2.91. The molecular weight excluding hydrogens is 368 g/mol. The van der Waals surface area contributed by atoms with Crippen molar-refractivity contribution in [1.82, 2.24) is 10.2 Å². The fourth-order valence-corrected chi connectivity index (χ4v) is 3.75. The fraction of sp³-hybridized carbons (Fsp3) is 0.211. The van der Waals surface area contributed by atoms with E-state index in [1.165, 1.54) is 11.3 Å². The third kappa shape index (κ3) is 3.70. The van der Waals surface area contributed by atoms with Gasteiger partial charge in [0, 0.05) is 11.3 Å². The van der Waals surface area contributed by atoms with E-state index < -0.39 is 12.1 Å². The lowest BCUT2D eigenvalue weighted by molar-refractivity contribution is 0.172. The predicted octanol–water partition coefficient (Wildman–Crippen LogP) is 4.57. The van der Waals surface area contributed by atoms with E-state index in [0.29, 0.717) is 15.6 Å². The molecule has 0 saturated heterocycles. The van der Waals surface area contributed by atoms with Gasteiger partial charge in [0.25, 0.3) is 0 Å². The molecule has 0 radical (unpaired) electrons. The lowest BCUT2D eigenvalue weighted by atomic mass is 10.1. The Hall–Kier alpha value is -2.46. The van der Waals surface area contributed by atoms with Crippen molar-refractivity contribution in [2.45, 2.75) is 26.0 Å². The van der Waals surface area contributed by atoms with Gasteiger partial charge in [-0.1, -0.05) is 53.3 Å². The molecule has 0 aliphatic carbocycles. The lowest BCUT2D eigenvalue weighted by Crippen LogP contribution is -2.23. The van der Waals surface area contributed by atoms with E-state index in [-0.39, 0.29) is 0 Å². The van der Waals surface area contributed by atoms with Gasteiger partial charge < -0.3 is 10.4 Å². The molecule has 0 spiro atoms. The van der Waals surface area contributed by atoms with Crippen LogP contribution in [-0.2, 0) is 0 Å². The van der Waals surface area contributed by atoms with Gasteiger partial charge in [0.2, 0.25) is 0 Å². The first-order chi connectivity index (χ1) is 12.5. The van der Waals surface area contributed by atoms with Crippen LogP contribution in [0.4, 0.5) is 5.69 Å². The predicted molar refractivity (Wildman–Crippen MR) is 104 cm³/mol. The summed E-state index contributed by atoms with van der Waals surface area (Å²) in [6, 6.07) is 14.9. The lowest BCUT2D eigenvalue weighted by Gasteiger charge is -2.21. The van der Waals surface area contributed by atoms with E-state index >= 15 is 0 Å². The van der Waals surface area contributed by atoms with Crippen molar-refractivity contribution in [3.05, 3.63) is 63.6 Å². The molecule has 3 rings (SSSR count). The minimum Gasteiger partial charge on any atom is -0.391 e. The zero-order valence-corrected chi connectivity index (χ0v) is 15.8. The summed E-state index contributed by atoms with van der Waals surface area (Å²) in [6.45, 7) is 3.53. The Morgan fingerprint density at radius 2 is 1.92 bits per heavy atom. The molecule has 2 atom stereocenters. The highest BCUT2D eigenvalue weighted by Gasteiger charge is 2.23. The van der Waals surface area contributed by atoms with Crippen LogP contribution in [0.3, 0.4) is 0 Å². The maximum atomic E-state index is 10.3. The van der Waals surface area contributed by atoms with Crippen molar-refractivity contribution in [3.63, 3.8) is 0 Å². The van der Waals surface area contributed by atoms with Gasteiger partial charge in [0.1, 0.15) is 22.1 Å². The Balaban J connectivity index is 1.91. The van der Waals surface area contributed by atoms with E-state index in [1.54, 1.807) is 19.1 Å². The molecule has 0 aliphatic rings. The Morgan fingerprint density at radius 3 is 2.58 bits per heavy atom. The number of anilines is 1. The van der Waals surface area contributed by atoms with Crippen LogP contribution in [0.25, 0.3) is 10.6 Å². The van der Waals surface area contributed by atoms with Crippen molar-refractivity contribution >= 4 is 28.6 Å². The van der Waals surface area contributed by atoms with Crippen molar-refractivity contribution in [2.24, 2.45) is 0 Å². The van der Waals surface area contributed by atoms with Crippen LogP contribution in [0, 0.1) is 18.3 Å². The average molecular weight is 385 g/mol. The van der Waals surface area contributed by atoms with Crippen LogP contribution >= 0.6 is 22.9 Å². The first kappa shape index (κ1) is 18.3. The van der Waals surface area contributed by atoms with Crippen molar-refractivity contribution < 1.29 is 5.11 Å². The number of rotatable bonds is 5. The van der Waals surface area contributed by atoms with Gasteiger partial charge in [-0.05, 0) is 31.5 Å². The number of nitrogens with zero attached hydrogens (tertiary/aromatic N) is 3. The molecule has 0 aliphatic heterocycles. The largest absolute Gasteiger partial charge is 0.391 e. The molecule has 0 unspecified atom stereocenters. The third-order valence-corrected chi connectivity index (χ3v) is 5.57. The van der Waals surface area contributed by atoms with E-state index in [2.05, 4.69) is 21.6 Å².